The first kappa shape index (κ1) is 54.3. The molecule has 1 aliphatic rings. The number of nitrogens with zero attached hydrogens (tertiary/aromatic N) is 1. The average molecular weight is 830 g/mol. The number of hydrogen-bond donors (Lipinski definition) is 1. The second kappa shape index (κ2) is 40.6. The molecule has 1 aliphatic heterocycles. The van der Waals surface area contributed by atoms with Gasteiger partial charge >= 0.3 is 17.9 Å². The molecule has 0 spiro atoms. The quantitative estimate of drug-likeness (QED) is 0.0279. The number of allylic oxidation sites excluding steroid dienone is 8. The monoisotopic (exact) mass is 830 g/mol. The Balaban J connectivity index is 2.41. The number of aliphatic hydroxyl groups is 1. The molecule has 0 radical (unpaired) electrons. The molecule has 1 saturated heterocycles. The van der Waals surface area contributed by atoms with Crippen LogP contribution in [0.3, 0.4) is 0 Å². The number of carbonyl (C=O) groups is 3. The highest BCUT2D eigenvalue weighted by molar-refractivity contribution is 5.70. The van der Waals surface area contributed by atoms with E-state index < -0.39 is 12.0 Å². The topological polar surface area (TPSA) is 112 Å². The number of carbonyl (C=O) groups excluding carboxylic acids is 3. The van der Waals surface area contributed by atoms with Crippen molar-refractivity contribution in [2.75, 3.05) is 59.3 Å². The lowest BCUT2D eigenvalue weighted by molar-refractivity contribution is -0.165. The number of unbranched alkanes of at least 4 members (excludes halogenated alkanes) is 17. The van der Waals surface area contributed by atoms with Crippen molar-refractivity contribution in [1.82, 2.24) is 4.90 Å². The molecule has 0 aromatic carbocycles. The van der Waals surface area contributed by atoms with Gasteiger partial charge in [-0.1, -0.05) is 127 Å². The second-order valence-electron chi connectivity index (χ2n) is 16.5. The molecule has 0 amide bonds. The van der Waals surface area contributed by atoms with E-state index in [1.807, 2.05) is 0 Å². The Bertz CT molecular complexity index is 1060. The van der Waals surface area contributed by atoms with E-state index in [-0.39, 0.29) is 57.0 Å². The van der Waals surface area contributed by atoms with Crippen molar-refractivity contribution in [1.29, 1.82) is 0 Å². The standard InChI is InChI=1S/C50H87NO8/c1-3-5-7-9-11-13-15-17-19-21-23-25-27-29-31-35-47(53)57-44-50(43-52,46-59-49(55)37-33-34-38-51-39-41-56-42-40-51)45-58-48(54)36-32-30-28-26-24-22-20-18-16-14-12-10-8-6-4-2/h11-14,17-20,52H,3-10,15-16,21-46H2,1-2H3/b13-11-,14-12-,19-17-,20-18-. The predicted molar refractivity (Wildman–Crippen MR) is 242 cm³/mol. The Morgan fingerprint density at radius 2 is 0.864 bits per heavy atom. The molecule has 340 valence electrons. The van der Waals surface area contributed by atoms with Crippen LogP contribution in [0.1, 0.15) is 187 Å². The first-order chi connectivity index (χ1) is 28.9. The van der Waals surface area contributed by atoms with Crippen molar-refractivity contribution < 1.29 is 38.4 Å². The summed E-state index contributed by atoms with van der Waals surface area (Å²) in [6.07, 6.45) is 44.7. The Kier molecular flexibility index (Phi) is 37.4. The Morgan fingerprint density at radius 1 is 0.508 bits per heavy atom. The van der Waals surface area contributed by atoms with Gasteiger partial charge in [-0.2, -0.15) is 0 Å². The minimum Gasteiger partial charge on any atom is -0.465 e. The van der Waals surface area contributed by atoms with E-state index in [0.29, 0.717) is 6.42 Å². The van der Waals surface area contributed by atoms with Gasteiger partial charge in [0.1, 0.15) is 19.8 Å². The van der Waals surface area contributed by atoms with Crippen LogP contribution in [0.2, 0.25) is 0 Å². The van der Waals surface area contributed by atoms with E-state index in [1.165, 1.54) is 51.4 Å². The highest BCUT2D eigenvalue weighted by Gasteiger charge is 2.35. The molecule has 59 heavy (non-hydrogen) atoms. The molecular weight excluding hydrogens is 743 g/mol. The van der Waals surface area contributed by atoms with Crippen LogP contribution in [-0.2, 0) is 33.3 Å². The summed E-state index contributed by atoms with van der Waals surface area (Å²) in [6.45, 7) is 7.64. The van der Waals surface area contributed by atoms with Gasteiger partial charge in [-0.25, -0.2) is 0 Å². The fraction of sp³-hybridized carbons (Fsp3) is 0.780. The SMILES string of the molecule is CCCCC/C=C\C/C=C\CCCCCCCC(=O)OCC(CO)(COC(=O)CCCCCCC/C=C\C/C=C\CCCCC)COC(=O)CCCCN1CCOCC1. The molecule has 0 unspecified atom stereocenters. The van der Waals surface area contributed by atoms with Gasteiger partial charge in [-0.15, -0.1) is 0 Å². The zero-order valence-corrected chi connectivity index (χ0v) is 37.8. The van der Waals surface area contributed by atoms with Crippen LogP contribution in [0, 0.1) is 5.41 Å². The van der Waals surface area contributed by atoms with Gasteiger partial charge in [0.25, 0.3) is 0 Å². The van der Waals surface area contributed by atoms with E-state index in [4.69, 9.17) is 18.9 Å². The molecule has 1 heterocycles. The lowest BCUT2D eigenvalue weighted by Gasteiger charge is -2.30. The Hall–Kier alpha value is -2.75. The fourth-order valence-electron chi connectivity index (χ4n) is 6.77. The van der Waals surface area contributed by atoms with Gasteiger partial charge in [0.2, 0.25) is 0 Å². The summed E-state index contributed by atoms with van der Waals surface area (Å²) in [6, 6.07) is 0. The molecule has 1 rings (SSSR count). The normalized spacial score (nSPS) is 14.0. The van der Waals surface area contributed by atoms with Crippen LogP contribution < -0.4 is 0 Å². The summed E-state index contributed by atoms with van der Waals surface area (Å²) in [5, 5.41) is 10.5. The van der Waals surface area contributed by atoms with Gasteiger partial charge in [0.15, 0.2) is 0 Å². The summed E-state index contributed by atoms with van der Waals surface area (Å²) < 4.78 is 22.2. The van der Waals surface area contributed by atoms with Crippen LogP contribution >= 0.6 is 0 Å². The Morgan fingerprint density at radius 3 is 1.25 bits per heavy atom. The second-order valence-corrected chi connectivity index (χ2v) is 16.5. The zero-order chi connectivity index (χ0) is 42.8. The van der Waals surface area contributed by atoms with Crippen LogP contribution in [0.15, 0.2) is 48.6 Å². The Labute approximate surface area is 360 Å². The van der Waals surface area contributed by atoms with Gasteiger partial charge in [-0.3, -0.25) is 19.3 Å². The highest BCUT2D eigenvalue weighted by atomic mass is 16.6. The molecule has 1 fully saturated rings. The van der Waals surface area contributed by atoms with Gasteiger partial charge in [-0.05, 0) is 96.4 Å². The highest BCUT2D eigenvalue weighted by Crippen LogP contribution is 2.22. The van der Waals surface area contributed by atoms with Gasteiger partial charge < -0.3 is 24.1 Å². The third-order valence-corrected chi connectivity index (χ3v) is 10.8. The van der Waals surface area contributed by atoms with Crippen molar-refractivity contribution in [2.45, 2.75) is 187 Å². The predicted octanol–water partition coefficient (Wildman–Crippen LogP) is 11.7. The molecule has 0 aromatic rings. The molecule has 0 bridgehead atoms. The minimum atomic E-state index is -1.22. The third kappa shape index (κ3) is 34.6. The summed E-state index contributed by atoms with van der Waals surface area (Å²) in [5.74, 6) is -1.10. The average Bonchev–Trinajstić information content (AvgIpc) is 3.25. The third-order valence-electron chi connectivity index (χ3n) is 10.8. The maximum atomic E-state index is 12.7. The molecule has 9 nitrogen and oxygen atoms in total. The summed E-state index contributed by atoms with van der Waals surface area (Å²) in [4.78, 5) is 40.5. The molecule has 0 aliphatic carbocycles. The first-order valence-corrected chi connectivity index (χ1v) is 23.9. The van der Waals surface area contributed by atoms with E-state index in [9.17, 15) is 19.5 Å². The van der Waals surface area contributed by atoms with E-state index in [2.05, 4.69) is 67.4 Å². The zero-order valence-electron chi connectivity index (χ0n) is 37.8. The van der Waals surface area contributed by atoms with Crippen LogP contribution in [0.25, 0.3) is 0 Å². The maximum Gasteiger partial charge on any atom is 0.305 e. The molecule has 0 aromatic heterocycles. The first-order valence-electron chi connectivity index (χ1n) is 23.9. The molecular formula is C50H87NO8. The van der Waals surface area contributed by atoms with Crippen molar-refractivity contribution in [3.05, 3.63) is 48.6 Å². The van der Waals surface area contributed by atoms with E-state index in [1.54, 1.807) is 0 Å². The number of ether oxygens (including phenoxy) is 4. The summed E-state index contributed by atoms with van der Waals surface area (Å²) in [7, 11) is 0. The van der Waals surface area contributed by atoms with E-state index in [0.717, 1.165) is 129 Å². The summed E-state index contributed by atoms with van der Waals surface area (Å²) >= 11 is 0. The van der Waals surface area contributed by atoms with Crippen LogP contribution in [0.5, 0.6) is 0 Å². The maximum absolute atomic E-state index is 12.7. The lowest BCUT2D eigenvalue weighted by Crippen LogP contribution is -2.42. The van der Waals surface area contributed by atoms with Crippen LogP contribution in [0.4, 0.5) is 0 Å². The van der Waals surface area contributed by atoms with E-state index >= 15 is 0 Å². The van der Waals surface area contributed by atoms with Crippen molar-refractivity contribution >= 4 is 17.9 Å². The van der Waals surface area contributed by atoms with Crippen molar-refractivity contribution in [2.24, 2.45) is 5.41 Å². The number of esters is 3. The summed E-state index contributed by atoms with van der Waals surface area (Å²) in [5.41, 5.74) is -1.22. The number of aliphatic hydroxyl groups excluding tert-OH is 1. The van der Waals surface area contributed by atoms with Crippen LogP contribution in [-0.4, -0.2) is 87.2 Å². The number of rotatable bonds is 40. The smallest absolute Gasteiger partial charge is 0.305 e. The van der Waals surface area contributed by atoms with Crippen molar-refractivity contribution in [3.8, 4) is 0 Å². The molecule has 9 heteroatoms. The molecule has 0 saturated carbocycles. The molecule has 1 N–H and O–H groups in total. The molecule has 0 atom stereocenters. The largest absolute Gasteiger partial charge is 0.465 e. The number of hydrogen-bond acceptors (Lipinski definition) is 9. The number of morpholine rings is 1. The fourth-order valence-corrected chi connectivity index (χ4v) is 6.77. The minimum absolute atomic E-state index is 0.191. The van der Waals surface area contributed by atoms with Gasteiger partial charge in [0, 0.05) is 32.4 Å². The van der Waals surface area contributed by atoms with Crippen molar-refractivity contribution in [3.63, 3.8) is 0 Å². The lowest BCUT2D eigenvalue weighted by atomic mass is 9.92. The van der Waals surface area contributed by atoms with Gasteiger partial charge in [0.05, 0.1) is 25.2 Å².